The monoisotopic (exact) mass is 289 g/mol. The maximum atomic E-state index is 11.7. The molecule has 0 aromatic heterocycles. The van der Waals surface area contributed by atoms with Crippen molar-refractivity contribution in [2.75, 3.05) is 12.3 Å². The molecule has 1 heterocycles. The van der Waals surface area contributed by atoms with E-state index in [-0.39, 0.29) is 29.9 Å². The Hall–Kier alpha value is -1.57. The van der Waals surface area contributed by atoms with E-state index in [1.165, 1.54) is 6.92 Å². The van der Waals surface area contributed by atoms with Gasteiger partial charge in [0.05, 0.1) is 6.42 Å². The third kappa shape index (κ3) is 4.55. The quantitative estimate of drug-likeness (QED) is 0.710. The van der Waals surface area contributed by atoms with Crippen LogP contribution in [0.3, 0.4) is 0 Å². The maximum absolute atomic E-state index is 11.7. The van der Waals surface area contributed by atoms with E-state index in [4.69, 9.17) is 10.2 Å². The van der Waals surface area contributed by atoms with E-state index in [1.807, 2.05) is 0 Å². The molecule has 1 aliphatic rings. The normalized spacial score (nSPS) is 20.4. The third-order valence-corrected chi connectivity index (χ3v) is 3.83. The minimum Gasteiger partial charge on any atom is -0.481 e. The summed E-state index contributed by atoms with van der Waals surface area (Å²) < 4.78 is 0. The van der Waals surface area contributed by atoms with Gasteiger partial charge in [0.2, 0.25) is 5.91 Å². The molecule has 8 heteroatoms. The smallest absolute Gasteiger partial charge is 0.327 e. The number of hydrogen-bond acceptors (Lipinski definition) is 5. The number of carboxylic acid groups (broad SMARTS) is 2. The van der Waals surface area contributed by atoms with Crippen molar-refractivity contribution in [1.82, 2.24) is 4.90 Å². The zero-order valence-electron chi connectivity index (χ0n) is 10.4. The molecule has 7 nitrogen and oxygen atoms in total. The maximum Gasteiger partial charge on any atom is 0.327 e. The summed E-state index contributed by atoms with van der Waals surface area (Å²) in [5.74, 6) is -2.63. The van der Waals surface area contributed by atoms with Crippen molar-refractivity contribution in [2.45, 2.75) is 25.8 Å². The molecule has 2 unspecified atom stereocenters. The highest BCUT2D eigenvalue weighted by atomic mass is 32.2. The number of carboxylic acids is 2. The molecule has 0 aromatic carbocycles. The predicted octanol–water partition coefficient (Wildman–Crippen LogP) is 0.0425. The highest BCUT2D eigenvalue weighted by molar-refractivity contribution is 8.13. The number of hydrogen-bond donors (Lipinski definition) is 2. The zero-order valence-corrected chi connectivity index (χ0v) is 11.2. The van der Waals surface area contributed by atoms with Crippen LogP contribution in [-0.2, 0) is 19.2 Å². The molecule has 0 saturated carbocycles. The van der Waals surface area contributed by atoms with Gasteiger partial charge in [0, 0.05) is 25.6 Å². The molecule has 19 heavy (non-hydrogen) atoms. The lowest BCUT2D eigenvalue weighted by Crippen LogP contribution is -2.43. The second-order valence-electron chi connectivity index (χ2n) is 4.37. The van der Waals surface area contributed by atoms with E-state index >= 15 is 0 Å². The molecule has 2 N–H and O–H groups in total. The fourth-order valence-electron chi connectivity index (χ4n) is 1.95. The van der Waals surface area contributed by atoms with E-state index in [0.717, 1.165) is 16.7 Å². The summed E-state index contributed by atoms with van der Waals surface area (Å²) in [5, 5.41) is 17.6. The summed E-state index contributed by atoms with van der Waals surface area (Å²) in [6, 6.07) is -1.34. The molecular formula is C11H15NO6S. The van der Waals surface area contributed by atoms with E-state index < -0.39 is 24.4 Å². The van der Waals surface area contributed by atoms with Crippen molar-refractivity contribution < 1.29 is 29.4 Å². The van der Waals surface area contributed by atoms with Crippen LogP contribution in [0.1, 0.15) is 19.8 Å². The van der Waals surface area contributed by atoms with Crippen LogP contribution >= 0.6 is 11.8 Å². The molecule has 2 atom stereocenters. The summed E-state index contributed by atoms with van der Waals surface area (Å²) >= 11 is 1.09. The van der Waals surface area contributed by atoms with Crippen molar-refractivity contribution in [3.05, 3.63) is 0 Å². The topological polar surface area (TPSA) is 112 Å². The SMILES string of the molecule is CC(=O)SCC1CC(=O)N(C(CC(=O)O)C(=O)O)C1. The molecule has 1 amide bonds. The molecule has 0 aliphatic carbocycles. The Morgan fingerprint density at radius 3 is 2.53 bits per heavy atom. The zero-order chi connectivity index (χ0) is 14.6. The first kappa shape index (κ1) is 15.5. The Kier molecular flexibility index (Phi) is 5.34. The fraction of sp³-hybridized carbons (Fsp3) is 0.636. The van der Waals surface area contributed by atoms with Crippen LogP contribution in [0.5, 0.6) is 0 Å². The highest BCUT2D eigenvalue weighted by Crippen LogP contribution is 2.25. The molecule has 0 radical (unpaired) electrons. The van der Waals surface area contributed by atoms with E-state index in [1.54, 1.807) is 0 Å². The van der Waals surface area contributed by atoms with Crippen molar-refractivity contribution in [2.24, 2.45) is 5.92 Å². The van der Waals surface area contributed by atoms with Gasteiger partial charge in [-0.1, -0.05) is 11.8 Å². The summed E-state index contributed by atoms with van der Waals surface area (Å²) in [6.07, 6.45) is -0.461. The molecule has 1 fully saturated rings. The minimum absolute atomic E-state index is 0.0637. The number of rotatable bonds is 6. The van der Waals surface area contributed by atoms with Crippen LogP contribution in [0.4, 0.5) is 0 Å². The number of carbonyl (C=O) groups excluding carboxylic acids is 2. The first-order chi connectivity index (χ1) is 8.81. The standard InChI is InChI=1S/C11H15NO6S/c1-6(13)19-5-7-2-9(14)12(4-7)8(11(17)18)3-10(15)16/h7-8H,2-5H2,1H3,(H,15,16)(H,17,18). The van der Waals surface area contributed by atoms with Gasteiger partial charge in [0.1, 0.15) is 6.04 Å². The Morgan fingerprint density at radius 2 is 2.05 bits per heavy atom. The van der Waals surface area contributed by atoms with Crippen LogP contribution in [0.2, 0.25) is 0 Å². The lowest BCUT2D eigenvalue weighted by molar-refractivity contribution is -0.153. The Bertz CT molecular complexity index is 410. The molecule has 106 valence electrons. The first-order valence-electron chi connectivity index (χ1n) is 5.68. The second-order valence-corrected chi connectivity index (χ2v) is 5.57. The molecule has 0 spiro atoms. The average Bonchev–Trinajstić information content (AvgIpc) is 2.64. The highest BCUT2D eigenvalue weighted by Gasteiger charge is 2.38. The lowest BCUT2D eigenvalue weighted by Gasteiger charge is -2.23. The fourth-order valence-corrected chi connectivity index (χ4v) is 2.65. The van der Waals surface area contributed by atoms with Crippen LogP contribution < -0.4 is 0 Å². The van der Waals surface area contributed by atoms with Gasteiger partial charge >= 0.3 is 11.9 Å². The van der Waals surface area contributed by atoms with Crippen molar-refractivity contribution in [3.8, 4) is 0 Å². The molecular weight excluding hydrogens is 274 g/mol. The van der Waals surface area contributed by atoms with Gasteiger partial charge in [-0.25, -0.2) is 4.79 Å². The summed E-state index contributed by atoms with van der Waals surface area (Å²) in [6.45, 7) is 1.60. The lowest BCUT2D eigenvalue weighted by atomic mass is 10.1. The number of aliphatic carboxylic acids is 2. The van der Waals surface area contributed by atoms with E-state index in [2.05, 4.69) is 0 Å². The molecule has 1 saturated heterocycles. The summed E-state index contributed by atoms with van der Waals surface area (Å²) in [7, 11) is 0. The summed E-state index contributed by atoms with van der Waals surface area (Å²) in [4.78, 5) is 45.3. The van der Waals surface area contributed by atoms with Crippen LogP contribution in [0, 0.1) is 5.92 Å². The van der Waals surface area contributed by atoms with Gasteiger partial charge in [-0.2, -0.15) is 0 Å². The molecule has 0 bridgehead atoms. The van der Waals surface area contributed by atoms with Gasteiger partial charge in [-0.05, 0) is 5.92 Å². The summed E-state index contributed by atoms with van der Waals surface area (Å²) in [5.41, 5.74) is 0. The third-order valence-electron chi connectivity index (χ3n) is 2.79. The van der Waals surface area contributed by atoms with E-state index in [0.29, 0.717) is 5.75 Å². The minimum atomic E-state index is -1.34. The molecule has 0 aromatic rings. The Morgan fingerprint density at radius 1 is 1.42 bits per heavy atom. The van der Waals surface area contributed by atoms with Gasteiger partial charge in [0.25, 0.3) is 0 Å². The Balaban J connectivity index is 2.66. The largest absolute Gasteiger partial charge is 0.481 e. The Labute approximate surface area is 114 Å². The molecule has 1 aliphatic heterocycles. The molecule has 1 rings (SSSR count). The van der Waals surface area contributed by atoms with Gasteiger partial charge in [-0.3, -0.25) is 14.4 Å². The average molecular weight is 289 g/mol. The number of likely N-dealkylation sites (tertiary alicyclic amines) is 1. The number of thioether (sulfide) groups is 1. The number of nitrogens with zero attached hydrogens (tertiary/aromatic N) is 1. The van der Waals surface area contributed by atoms with Crippen molar-refractivity contribution in [3.63, 3.8) is 0 Å². The van der Waals surface area contributed by atoms with Crippen LogP contribution in [0.15, 0.2) is 0 Å². The van der Waals surface area contributed by atoms with Crippen LogP contribution in [-0.4, -0.2) is 56.4 Å². The predicted molar refractivity (Wildman–Crippen MR) is 66.6 cm³/mol. The van der Waals surface area contributed by atoms with Crippen molar-refractivity contribution in [1.29, 1.82) is 0 Å². The number of amides is 1. The van der Waals surface area contributed by atoms with Gasteiger partial charge in [0.15, 0.2) is 5.12 Å². The van der Waals surface area contributed by atoms with E-state index in [9.17, 15) is 19.2 Å². The van der Waals surface area contributed by atoms with Gasteiger partial charge in [-0.15, -0.1) is 0 Å². The number of carbonyl (C=O) groups is 4. The second kappa shape index (κ2) is 6.55. The van der Waals surface area contributed by atoms with Gasteiger partial charge < -0.3 is 15.1 Å². The van der Waals surface area contributed by atoms with Crippen molar-refractivity contribution >= 4 is 34.7 Å². The van der Waals surface area contributed by atoms with Crippen LogP contribution in [0.25, 0.3) is 0 Å². The first-order valence-corrected chi connectivity index (χ1v) is 6.67.